The van der Waals surface area contributed by atoms with Gasteiger partial charge in [0.25, 0.3) is 5.91 Å². The molecule has 606 valence electrons. The van der Waals surface area contributed by atoms with Gasteiger partial charge in [-0.05, 0) is 183 Å². The molecular weight excluding hydrogens is 1770 g/mol. The number of aliphatic imine (C=N–C) groups is 1. The number of carbonyl (C=O) groups is 2. The molecule has 7 aromatic rings. The number of carbonyl (C=O) groups excluding carboxylic acids is 2. The van der Waals surface area contributed by atoms with Crippen molar-refractivity contribution >= 4 is 169 Å². The molecule has 29 nitrogen and oxygen atoms in total. The van der Waals surface area contributed by atoms with Gasteiger partial charge in [-0.25, -0.2) is 18.1 Å². The number of amides is 1. The van der Waals surface area contributed by atoms with E-state index in [9.17, 15) is 18.0 Å². The summed E-state index contributed by atoms with van der Waals surface area (Å²) >= 11 is 22.1. The van der Waals surface area contributed by atoms with Crippen LogP contribution in [0.4, 0.5) is 0 Å². The number of Topliss-reactive ketones (excluding diaryl/α,β-unsaturated/α-hetero) is 1. The Balaban J connectivity index is -0.0000000875. The van der Waals surface area contributed by atoms with Gasteiger partial charge in [0.05, 0.1) is 89.9 Å². The number of pyridine rings is 2. The molecule has 0 saturated heterocycles. The van der Waals surface area contributed by atoms with Crippen molar-refractivity contribution in [2.45, 2.75) is 165 Å². The summed E-state index contributed by atoms with van der Waals surface area (Å²) < 4.78 is 24.9. The van der Waals surface area contributed by atoms with E-state index in [2.05, 4.69) is 70.7 Å². The maximum atomic E-state index is 12.0. The van der Waals surface area contributed by atoms with E-state index in [1.165, 1.54) is 49.5 Å². The second-order valence-corrected chi connectivity index (χ2v) is 28.8. The average molecular weight is 1870 g/mol. The number of nitriles is 1. The smallest absolute Gasteiger partial charge is 1.00 e. The Morgan fingerprint density at radius 3 is 1.18 bits per heavy atom. The van der Waals surface area contributed by atoms with Gasteiger partial charge in [0.1, 0.15) is 17.5 Å². The van der Waals surface area contributed by atoms with E-state index in [1.54, 1.807) is 71.1 Å². The van der Waals surface area contributed by atoms with Crippen LogP contribution >= 0.6 is 71.2 Å². The first-order valence-electron chi connectivity index (χ1n) is 30.2. The Morgan fingerprint density at radius 2 is 0.917 bits per heavy atom. The number of nitrogens with two attached hydrogens (primary N) is 2. The van der Waals surface area contributed by atoms with Crippen LogP contribution in [0.5, 0.6) is 0 Å². The topological polar surface area (TPSA) is 485 Å². The number of hydrogen-bond acceptors (Lipinski definition) is 26. The number of aliphatic hydroxyl groups excluding tert-OH is 6. The van der Waals surface area contributed by atoms with Gasteiger partial charge in [0.15, 0.2) is 32.1 Å². The summed E-state index contributed by atoms with van der Waals surface area (Å²) in [4.78, 5) is 34.1. The van der Waals surface area contributed by atoms with Crippen LogP contribution in [-0.4, -0.2) is 217 Å². The first-order valence-corrected chi connectivity index (χ1v) is 34.1. The molecule has 7 rings (SSSR count). The van der Waals surface area contributed by atoms with Crippen molar-refractivity contribution in [3.8, 4) is 17.3 Å². The van der Waals surface area contributed by atoms with Crippen molar-refractivity contribution in [3.63, 3.8) is 0 Å². The number of halogens is 8. The Morgan fingerprint density at radius 1 is 0.550 bits per heavy atom. The number of nitrogens with one attached hydrogen (secondary N) is 1. The molecule has 2 unspecified atom stereocenters. The number of aromatic nitrogens is 12. The molecule has 0 fully saturated rings. The molecule has 0 spiro atoms. The fourth-order valence-electron chi connectivity index (χ4n) is 5.03. The van der Waals surface area contributed by atoms with E-state index < -0.39 is 45.6 Å². The fraction of sp³-hybridized carbons (Fsp3) is 0.455. The number of hydrogen-bond donors (Lipinski definition) is 11. The van der Waals surface area contributed by atoms with Crippen molar-refractivity contribution in [3.05, 3.63) is 173 Å². The van der Waals surface area contributed by atoms with Crippen LogP contribution in [0, 0.1) is 31.6 Å². The van der Waals surface area contributed by atoms with E-state index in [-0.39, 0.29) is 208 Å². The first-order chi connectivity index (χ1) is 46.3. The predicted octanol–water partition coefficient (Wildman–Crippen LogP) is 2.13. The minimum atomic E-state index is -1.49. The van der Waals surface area contributed by atoms with Crippen molar-refractivity contribution in [2.24, 2.45) is 21.3 Å². The monoisotopic (exact) mass is 1870 g/mol. The van der Waals surface area contributed by atoms with E-state index >= 15 is 0 Å². The van der Waals surface area contributed by atoms with Gasteiger partial charge in [-0.15, -0.1) is 60.5 Å². The fourth-order valence-corrected chi connectivity index (χ4v) is 6.31. The summed E-state index contributed by atoms with van der Waals surface area (Å²) in [5, 5.41) is 117. The van der Waals surface area contributed by atoms with Crippen LogP contribution in [0.25, 0.3) is 11.3 Å². The van der Waals surface area contributed by atoms with Crippen LogP contribution in [-0.2, 0) is 72.8 Å². The van der Waals surface area contributed by atoms with Gasteiger partial charge in [-0.2, -0.15) is 20.6 Å². The first kappa shape index (κ1) is 135. The van der Waals surface area contributed by atoms with E-state index in [1.807, 2.05) is 114 Å². The second kappa shape index (κ2) is 73.9. The van der Waals surface area contributed by atoms with Crippen LogP contribution < -0.4 is 55.0 Å². The van der Waals surface area contributed by atoms with Crippen LogP contribution in [0.15, 0.2) is 102 Å². The Labute approximate surface area is 750 Å². The van der Waals surface area contributed by atoms with Crippen LogP contribution in [0.1, 0.15) is 176 Å². The third kappa shape index (κ3) is 68.1. The number of rotatable bonds is 10. The molecule has 7 heterocycles. The second-order valence-electron chi connectivity index (χ2n) is 23.5. The molecule has 0 aromatic carbocycles. The van der Waals surface area contributed by atoms with Gasteiger partial charge in [0.2, 0.25) is 0 Å². The molecule has 2 atom stereocenters. The van der Waals surface area contributed by atoms with E-state index in [0.717, 1.165) is 17.0 Å². The Bertz CT molecular complexity index is 3500. The third-order valence-electron chi connectivity index (χ3n) is 10.3. The van der Waals surface area contributed by atoms with Crippen molar-refractivity contribution in [2.75, 3.05) is 26.4 Å². The standard InChI is InChI=1S/C13H16N4O.C11H18ClN3OS.C11H14ClN3O.C6H8BNO3.C6H5ClN2O.C5H2ClN3.C4H11NOS.4C2H6O.2CH3.2BrH.2ClH.2Mg.Ti/c1-13(2,14)12-6-5-11(16-17-12)9-3-4-10(8-18)15-7-9;1-10(2,3)17(16)15-11(4,5)8-6-7-9(12)14-13-8;1-7(13-10(16)11(2,3)4)8-5-6-9(12)15-14-8;9-4-6-2-1-5(3-8-6)7(10)11;1-4(10)5-2-3-6(7)9-8-5;6-5-2-1-4(3-7)8-9-5;1-4(2,3)7(5)6;4*1-2-3;;;;;;;;;/h3-7,18H,8,14H2,1-2H3;6-7,15H,1-5H3;5-6H,1-4H3;1-3,9-11H,4H2;2-3H,1H3;1-2H;5H2,1-3H3;4*3H,2H2,1H3;2*1H3;4*1H;;;/q;;;;;;;;;;;2*-1;;;;;2*+2;/p-2. The molecule has 7 aromatic heterocycles. The summed E-state index contributed by atoms with van der Waals surface area (Å²) in [5.74, 6) is -0.286. The SMILES string of the molecule is CC(=NC(=O)C(C)(C)C)c1ccc(Cl)nn1.CC(=O)c1ccc(Cl)nn1.CC(C)(C)S(N)=O.CC(C)(N)c1ccc(-c2ccc(CO)nc2)nn1.CC(C)(NS(=O)C(C)(C)C)c1ccc(Cl)nn1.CCO.CCO.CCO.CCO.Cl.Cl.N#Cc1ccc(Cl)nn1.OCc1ccc(B(O)O)cn1.[Br-].[Br-].[CH3-].[CH3-].[Mg+2].[Mg+2].[Ti]. The van der Waals surface area contributed by atoms with Gasteiger partial charge in [-0.1, -0.05) is 73.2 Å². The molecule has 1 amide bonds. The third-order valence-corrected chi connectivity index (χ3v) is 14.2. The van der Waals surface area contributed by atoms with E-state index in [0.29, 0.717) is 60.3 Å². The Hall–Kier alpha value is -2.93. The van der Waals surface area contributed by atoms with Gasteiger partial charge in [-0.3, -0.25) is 24.7 Å². The molecule has 0 aliphatic carbocycles. The number of nitrogens with zero attached hydrogens (tertiary/aromatic N) is 14. The Kier molecular flexibility index (Phi) is 91.7. The molecule has 109 heavy (non-hydrogen) atoms. The maximum absolute atomic E-state index is 12.0. The predicted molar refractivity (Wildman–Crippen MR) is 434 cm³/mol. The number of ketones is 1. The summed E-state index contributed by atoms with van der Waals surface area (Å²) in [6.07, 6.45) is 2.99. The molecular formula is C66H106BBr2Cl6Mg2N17O12S2Ti. The molecule has 0 bridgehead atoms. The molecule has 0 radical (unpaired) electrons. The normalized spacial score (nSPS) is 10.3. The summed E-state index contributed by atoms with van der Waals surface area (Å²) in [7, 11) is -3.84. The largest absolute Gasteiger partial charge is 2.00 e. The molecule has 0 saturated carbocycles. The molecule has 43 heteroatoms. The van der Waals surface area contributed by atoms with Gasteiger partial charge in [0, 0.05) is 83.9 Å². The minimum absolute atomic E-state index is 0. The zero-order valence-corrected chi connectivity index (χ0v) is 79.4. The number of aliphatic hydroxyl groups is 6. The molecule has 0 aliphatic rings. The quantitative estimate of drug-likeness (QED) is 0.0404. The zero-order valence-electron chi connectivity index (χ0n) is 65.5. The summed E-state index contributed by atoms with van der Waals surface area (Å²) in [5.41, 5.74) is 10.7. The van der Waals surface area contributed by atoms with Crippen molar-refractivity contribution in [1.82, 2.24) is 65.7 Å². The average Bonchev–Trinajstić information content (AvgIpc) is 0.843. The summed E-state index contributed by atoms with van der Waals surface area (Å²) in [6.45, 7) is 35.0. The summed E-state index contributed by atoms with van der Waals surface area (Å²) in [6, 6.07) is 25.1. The van der Waals surface area contributed by atoms with Crippen LogP contribution in [0.3, 0.4) is 0 Å². The van der Waals surface area contributed by atoms with Gasteiger partial charge < -0.3 is 95.2 Å². The molecule has 0 aliphatic heterocycles. The van der Waals surface area contributed by atoms with Crippen molar-refractivity contribution < 1.29 is 114 Å². The maximum Gasteiger partial charge on any atom is 2.00 e. The molecule has 13 N–H and O–H groups in total. The van der Waals surface area contributed by atoms with E-state index in [4.69, 9.17) is 103 Å². The zero-order chi connectivity index (χ0) is 78.2. The van der Waals surface area contributed by atoms with Crippen molar-refractivity contribution in [1.29, 1.82) is 5.26 Å². The van der Waals surface area contributed by atoms with Crippen LogP contribution in [0.2, 0.25) is 20.6 Å². The van der Waals surface area contributed by atoms with Gasteiger partial charge >= 0.3 is 53.2 Å². The minimum Gasteiger partial charge on any atom is -1.00 e.